The molecule has 3 aromatic carbocycles. The van der Waals surface area contributed by atoms with Crippen LogP contribution in [0.15, 0.2) is 88.7 Å². The van der Waals surface area contributed by atoms with Gasteiger partial charge < -0.3 is 11.1 Å². The number of amides is 2. The first-order valence-corrected chi connectivity index (χ1v) is 11.2. The summed E-state index contributed by atoms with van der Waals surface area (Å²) in [6, 6.07) is 21.9. The van der Waals surface area contributed by atoms with E-state index < -0.39 is 28.7 Å². The lowest BCUT2D eigenvalue weighted by Crippen LogP contribution is -2.38. The second-order valence-corrected chi connectivity index (χ2v) is 8.81. The first-order chi connectivity index (χ1) is 14.7. The van der Waals surface area contributed by atoms with Gasteiger partial charge in [0.1, 0.15) is 6.54 Å². The molecule has 3 rings (SSSR count). The fourth-order valence-corrected chi connectivity index (χ4v) is 4.30. The third-order valence-corrected chi connectivity index (χ3v) is 6.10. The zero-order chi connectivity index (χ0) is 22.4. The molecule has 31 heavy (non-hydrogen) atoms. The van der Waals surface area contributed by atoms with Gasteiger partial charge >= 0.3 is 10.3 Å². The molecule has 160 valence electrons. The summed E-state index contributed by atoms with van der Waals surface area (Å²) in [7, 11) is -4.79. The number of benzene rings is 3. The van der Waals surface area contributed by atoms with Crippen molar-refractivity contribution >= 4 is 45.3 Å². The average molecular weight is 458 g/mol. The number of hydrogen-bond acceptors (Lipinski definition) is 5. The lowest BCUT2D eigenvalue weighted by Gasteiger charge is -2.21. The van der Waals surface area contributed by atoms with Gasteiger partial charge in [0, 0.05) is 15.4 Å². The summed E-state index contributed by atoms with van der Waals surface area (Å²) in [5.74, 6) is -1.45. The Morgan fingerprint density at radius 3 is 2.32 bits per heavy atom. The molecule has 0 saturated heterocycles. The Morgan fingerprint density at radius 2 is 1.65 bits per heavy atom. The minimum atomic E-state index is -4.79. The highest BCUT2D eigenvalue weighted by Crippen LogP contribution is 2.33. The number of hydrogen-bond donors (Lipinski definition) is 3. The maximum absolute atomic E-state index is 12.6. The third kappa shape index (κ3) is 6.07. The van der Waals surface area contributed by atoms with E-state index in [0.717, 1.165) is 9.79 Å². The van der Waals surface area contributed by atoms with E-state index in [1.54, 1.807) is 12.1 Å². The Hall–Kier alpha value is -3.34. The van der Waals surface area contributed by atoms with Crippen LogP contribution in [0.25, 0.3) is 0 Å². The molecular formula is C21H19N3O5S2. The molecule has 10 heteroatoms. The first-order valence-electron chi connectivity index (χ1n) is 9.01. The van der Waals surface area contributed by atoms with Crippen molar-refractivity contribution in [3.63, 3.8) is 0 Å². The molecule has 4 N–H and O–H groups in total. The number of carbonyl (C=O) groups is 2. The highest BCUT2D eigenvalue weighted by atomic mass is 32.2. The largest absolute Gasteiger partial charge is 0.366 e. The summed E-state index contributed by atoms with van der Waals surface area (Å²) in [6.07, 6.45) is 0. The van der Waals surface area contributed by atoms with Gasteiger partial charge in [0.05, 0.1) is 11.4 Å². The molecule has 8 nitrogen and oxygen atoms in total. The fourth-order valence-electron chi connectivity index (χ4n) is 2.71. The molecule has 0 aliphatic carbocycles. The van der Waals surface area contributed by atoms with Crippen LogP contribution >= 0.6 is 11.8 Å². The molecule has 0 bridgehead atoms. The fraction of sp³-hybridized carbons (Fsp3) is 0.0476. The maximum atomic E-state index is 12.6. The number of primary amides is 1. The van der Waals surface area contributed by atoms with Crippen LogP contribution in [0.5, 0.6) is 0 Å². The van der Waals surface area contributed by atoms with Crippen LogP contribution < -0.4 is 15.4 Å². The Kier molecular flexibility index (Phi) is 6.95. The first kappa shape index (κ1) is 22.3. The van der Waals surface area contributed by atoms with E-state index >= 15 is 0 Å². The Labute approximate surface area is 184 Å². The van der Waals surface area contributed by atoms with Crippen molar-refractivity contribution < 1.29 is 22.6 Å². The summed E-state index contributed by atoms with van der Waals surface area (Å²) in [4.78, 5) is 25.7. The summed E-state index contributed by atoms with van der Waals surface area (Å²) >= 11 is 1.43. The molecule has 0 heterocycles. The summed E-state index contributed by atoms with van der Waals surface area (Å²) in [6.45, 7) is -0.703. The van der Waals surface area contributed by atoms with Gasteiger partial charge in [-0.2, -0.15) is 8.42 Å². The van der Waals surface area contributed by atoms with Gasteiger partial charge in [-0.25, -0.2) is 4.31 Å². The molecular weight excluding hydrogens is 438 g/mol. The zero-order valence-electron chi connectivity index (χ0n) is 16.1. The van der Waals surface area contributed by atoms with E-state index in [4.69, 9.17) is 5.73 Å². The minimum Gasteiger partial charge on any atom is -0.366 e. The highest BCUT2D eigenvalue weighted by Gasteiger charge is 2.24. The summed E-state index contributed by atoms with van der Waals surface area (Å²) < 4.78 is 33.9. The van der Waals surface area contributed by atoms with Gasteiger partial charge in [-0.05, 0) is 42.5 Å². The average Bonchev–Trinajstić information content (AvgIpc) is 2.73. The smallest absolute Gasteiger partial charge is 0.360 e. The second-order valence-electron chi connectivity index (χ2n) is 6.36. The molecule has 0 radical (unpaired) electrons. The van der Waals surface area contributed by atoms with E-state index in [1.807, 2.05) is 42.5 Å². The number of nitrogens with one attached hydrogen (secondary N) is 1. The molecule has 0 fully saturated rings. The third-order valence-electron chi connectivity index (χ3n) is 4.12. The van der Waals surface area contributed by atoms with Crippen LogP contribution in [-0.2, 0) is 15.1 Å². The maximum Gasteiger partial charge on any atom is 0.360 e. The van der Waals surface area contributed by atoms with Gasteiger partial charge in [-0.15, -0.1) is 0 Å². The number of para-hydroxylation sites is 1. The highest BCUT2D eigenvalue weighted by molar-refractivity contribution is 7.99. The van der Waals surface area contributed by atoms with E-state index in [9.17, 15) is 22.6 Å². The van der Waals surface area contributed by atoms with Crippen LogP contribution in [0, 0.1) is 0 Å². The molecule has 0 spiro atoms. The van der Waals surface area contributed by atoms with Gasteiger partial charge in [0.2, 0.25) is 11.8 Å². The Morgan fingerprint density at radius 1 is 0.968 bits per heavy atom. The molecule has 0 aromatic heterocycles. The topological polar surface area (TPSA) is 130 Å². The van der Waals surface area contributed by atoms with E-state index in [2.05, 4.69) is 5.32 Å². The lowest BCUT2D eigenvalue weighted by atomic mass is 10.2. The van der Waals surface area contributed by atoms with E-state index in [-0.39, 0.29) is 11.3 Å². The molecule has 2 amide bonds. The standard InChI is InChI=1S/C21H19N3O5S2/c22-21(26)15-7-6-8-16(13-15)24(31(27,28)29)14-20(25)23-18-11-4-5-12-19(18)30-17-9-2-1-3-10-17/h1-13H,14H2,(H2,22,26)(H,23,25)(H,27,28,29). The van der Waals surface area contributed by atoms with Crippen molar-refractivity contribution in [2.75, 3.05) is 16.2 Å². The van der Waals surface area contributed by atoms with E-state index in [0.29, 0.717) is 9.99 Å². The quantitative estimate of drug-likeness (QED) is 0.446. The van der Waals surface area contributed by atoms with Crippen LogP contribution in [0.4, 0.5) is 11.4 Å². The predicted molar refractivity (Wildman–Crippen MR) is 119 cm³/mol. The summed E-state index contributed by atoms with van der Waals surface area (Å²) in [5.41, 5.74) is 5.68. The minimum absolute atomic E-state index is 0.0381. The van der Waals surface area contributed by atoms with Crippen LogP contribution in [0.3, 0.4) is 0 Å². The van der Waals surface area contributed by atoms with Gasteiger partial charge in [0.25, 0.3) is 0 Å². The molecule has 0 unspecified atom stereocenters. The van der Waals surface area contributed by atoms with Crippen LogP contribution in [-0.4, -0.2) is 31.3 Å². The molecule has 0 atom stereocenters. The number of rotatable bonds is 8. The lowest BCUT2D eigenvalue weighted by molar-refractivity contribution is -0.114. The molecule has 0 aliphatic heterocycles. The number of anilines is 2. The summed E-state index contributed by atoms with van der Waals surface area (Å²) in [5, 5.41) is 2.67. The van der Waals surface area contributed by atoms with E-state index in [1.165, 1.54) is 36.0 Å². The Bertz CT molecular complexity index is 1200. The number of nitrogens with two attached hydrogens (primary N) is 1. The van der Waals surface area contributed by atoms with Crippen molar-refractivity contribution in [1.82, 2.24) is 0 Å². The zero-order valence-corrected chi connectivity index (χ0v) is 17.8. The molecule has 0 aliphatic rings. The second kappa shape index (κ2) is 9.65. The number of nitrogens with zero attached hydrogens (tertiary/aromatic N) is 1. The van der Waals surface area contributed by atoms with Crippen molar-refractivity contribution in [3.8, 4) is 0 Å². The van der Waals surface area contributed by atoms with Crippen molar-refractivity contribution in [3.05, 3.63) is 84.4 Å². The van der Waals surface area contributed by atoms with Crippen molar-refractivity contribution in [1.29, 1.82) is 0 Å². The van der Waals surface area contributed by atoms with Gasteiger partial charge in [-0.3, -0.25) is 14.1 Å². The van der Waals surface area contributed by atoms with Crippen LogP contribution in [0.1, 0.15) is 10.4 Å². The molecule has 0 saturated carbocycles. The predicted octanol–water partition coefficient (Wildman–Crippen LogP) is 3.18. The molecule has 3 aromatic rings. The number of carbonyl (C=O) groups excluding carboxylic acids is 2. The normalized spacial score (nSPS) is 11.0. The van der Waals surface area contributed by atoms with Crippen LogP contribution in [0.2, 0.25) is 0 Å². The van der Waals surface area contributed by atoms with Crippen molar-refractivity contribution in [2.24, 2.45) is 5.73 Å². The van der Waals surface area contributed by atoms with Gasteiger partial charge in [-0.1, -0.05) is 48.2 Å². The van der Waals surface area contributed by atoms with Gasteiger partial charge in [0.15, 0.2) is 0 Å². The SMILES string of the molecule is NC(=O)c1cccc(N(CC(=O)Nc2ccccc2Sc2ccccc2)S(=O)(=O)O)c1. The van der Waals surface area contributed by atoms with Crippen molar-refractivity contribution in [2.45, 2.75) is 9.79 Å². The monoisotopic (exact) mass is 457 g/mol. The Balaban J connectivity index is 1.81.